The van der Waals surface area contributed by atoms with E-state index in [2.05, 4.69) is 37.7 Å². The minimum atomic E-state index is 0.594. The zero-order chi connectivity index (χ0) is 14.5. The van der Waals surface area contributed by atoms with E-state index in [-0.39, 0.29) is 0 Å². The lowest BCUT2D eigenvalue weighted by Gasteiger charge is -2.13. The fourth-order valence-electron chi connectivity index (χ4n) is 1.98. The standard InChI is InChI=1S/C13H21N7/c1-5-14-12-9(3)13(18-10(4)17-12)15-7-11-19-16-8-20(11)6-2/h8H,5-7H2,1-4H3,(H2,14,15,17,18). The first-order valence-electron chi connectivity index (χ1n) is 6.85. The van der Waals surface area contributed by atoms with Crippen LogP contribution in [0.5, 0.6) is 0 Å². The van der Waals surface area contributed by atoms with E-state index in [1.165, 1.54) is 0 Å². The van der Waals surface area contributed by atoms with Gasteiger partial charge >= 0.3 is 0 Å². The van der Waals surface area contributed by atoms with Crippen LogP contribution in [-0.4, -0.2) is 31.3 Å². The van der Waals surface area contributed by atoms with Gasteiger partial charge in [0.1, 0.15) is 23.8 Å². The van der Waals surface area contributed by atoms with E-state index in [9.17, 15) is 0 Å². The molecule has 0 aliphatic rings. The van der Waals surface area contributed by atoms with Crippen molar-refractivity contribution in [3.63, 3.8) is 0 Å². The van der Waals surface area contributed by atoms with Crippen LogP contribution in [0.1, 0.15) is 31.1 Å². The van der Waals surface area contributed by atoms with Gasteiger partial charge in [-0.15, -0.1) is 10.2 Å². The highest BCUT2D eigenvalue weighted by molar-refractivity contribution is 5.57. The van der Waals surface area contributed by atoms with E-state index in [4.69, 9.17) is 0 Å². The molecule has 2 aromatic heterocycles. The van der Waals surface area contributed by atoms with Gasteiger partial charge < -0.3 is 15.2 Å². The van der Waals surface area contributed by atoms with E-state index in [1.807, 2.05) is 25.3 Å². The molecule has 0 radical (unpaired) electrons. The van der Waals surface area contributed by atoms with E-state index >= 15 is 0 Å². The molecule has 108 valence electrons. The lowest BCUT2D eigenvalue weighted by Crippen LogP contribution is -2.12. The zero-order valence-electron chi connectivity index (χ0n) is 12.4. The molecule has 0 aliphatic carbocycles. The van der Waals surface area contributed by atoms with Crippen molar-refractivity contribution < 1.29 is 0 Å². The van der Waals surface area contributed by atoms with Crippen LogP contribution in [0.4, 0.5) is 11.6 Å². The molecule has 0 unspecified atom stereocenters. The van der Waals surface area contributed by atoms with E-state index in [0.717, 1.165) is 41.9 Å². The molecule has 0 bridgehead atoms. The number of aromatic nitrogens is 5. The second-order valence-electron chi connectivity index (χ2n) is 4.51. The fraction of sp³-hybridized carbons (Fsp3) is 0.538. The van der Waals surface area contributed by atoms with Gasteiger partial charge in [-0.3, -0.25) is 0 Å². The van der Waals surface area contributed by atoms with Gasteiger partial charge in [-0.25, -0.2) is 9.97 Å². The third-order valence-corrected chi connectivity index (χ3v) is 3.05. The Kier molecular flexibility index (Phi) is 4.49. The Morgan fingerprint density at radius 1 is 1.10 bits per heavy atom. The van der Waals surface area contributed by atoms with Crippen LogP contribution in [0.25, 0.3) is 0 Å². The van der Waals surface area contributed by atoms with Crippen molar-refractivity contribution in [1.82, 2.24) is 24.7 Å². The molecule has 2 heterocycles. The number of hydrogen-bond donors (Lipinski definition) is 2. The van der Waals surface area contributed by atoms with Gasteiger partial charge in [-0.1, -0.05) is 0 Å². The Morgan fingerprint density at radius 3 is 2.45 bits per heavy atom. The normalized spacial score (nSPS) is 10.6. The Hall–Kier alpha value is -2.18. The SMILES string of the molecule is CCNc1nc(C)nc(NCc2nncn2CC)c1C. The molecule has 2 aromatic rings. The molecule has 20 heavy (non-hydrogen) atoms. The minimum Gasteiger partial charge on any atom is -0.370 e. The number of nitrogens with one attached hydrogen (secondary N) is 2. The fourth-order valence-corrected chi connectivity index (χ4v) is 1.98. The summed E-state index contributed by atoms with van der Waals surface area (Å²) < 4.78 is 2.00. The average Bonchev–Trinajstić information content (AvgIpc) is 2.88. The van der Waals surface area contributed by atoms with Crippen molar-refractivity contribution in [3.05, 3.63) is 23.5 Å². The average molecular weight is 275 g/mol. The third kappa shape index (κ3) is 3.04. The van der Waals surface area contributed by atoms with Crippen LogP contribution >= 0.6 is 0 Å². The van der Waals surface area contributed by atoms with Crippen LogP contribution in [0.2, 0.25) is 0 Å². The highest BCUT2D eigenvalue weighted by Gasteiger charge is 2.09. The predicted octanol–water partition coefficient (Wildman–Crippen LogP) is 1.75. The molecule has 0 atom stereocenters. The van der Waals surface area contributed by atoms with Gasteiger partial charge in [0, 0.05) is 18.7 Å². The molecular formula is C13H21N7. The molecule has 2 N–H and O–H groups in total. The van der Waals surface area contributed by atoms with Gasteiger partial charge in [0.05, 0.1) is 6.54 Å². The molecule has 7 heteroatoms. The molecule has 0 aromatic carbocycles. The summed E-state index contributed by atoms with van der Waals surface area (Å²) in [4.78, 5) is 8.86. The number of rotatable bonds is 6. The topological polar surface area (TPSA) is 80.6 Å². The van der Waals surface area contributed by atoms with Crippen molar-refractivity contribution in [1.29, 1.82) is 0 Å². The summed E-state index contributed by atoms with van der Waals surface area (Å²) in [7, 11) is 0. The quantitative estimate of drug-likeness (QED) is 0.836. The highest BCUT2D eigenvalue weighted by Crippen LogP contribution is 2.20. The third-order valence-electron chi connectivity index (χ3n) is 3.05. The predicted molar refractivity (Wildman–Crippen MR) is 78.7 cm³/mol. The Balaban J connectivity index is 2.17. The summed E-state index contributed by atoms with van der Waals surface area (Å²) in [6.45, 7) is 10.3. The molecule has 0 spiro atoms. The second kappa shape index (κ2) is 6.31. The van der Waals surface area contributed by atoms with Crippen molar-refractivity contribution in [3.8, 4) is 0 Å². The molecule has 0 saturated carbocycles. The van der Waals surface area contributed by atoms with Crippen molar-refractivity contribution in [2.45, 2.75) is 40.8 Å². The molecule has 0 fully saturated rings. The van der Waals surface area contributed by atoms with Gasteiger partial charge in [0.25, 0.3) is 0 Å². The lowest BCUT2D eigenvalue weighted by atomic mass is 10.3. The smallest absolute Gasteiger partial charge is 0.152 e. The van der Waals surface area contributed by atoms with Crippen LogP contribution in [-0.2, 0) is 13.1 Å². The molecule has 0 amide bonds. The number of aryl methyl sites for hydroxylation is 2. The summed E-state index contributed by atoms with van der Waals surface area (Å²) in [6.07, 6.45) is 1.74. The van der Waals surface area contributed by atoms with Crippen LogP contribution < -0.4 is 10.6 Å². The zero-order valence-corrected chi connectivity index (χ0v) is 12.4. The van der Waals surface area contributed by atoms with Crippen molar-refractivity contribution >= 4 is 11.6 Å². The molecule has 0 saturated heterocycles. The van der Waals surface area contributed by atoms with Crippen molar-refractivity contribution in [2.24, 2.45) is 0 Å². The number of hydrogen-bond acceptors (Lipinski definition) is 6. The molecule has 7 nitrogen and oxygen atoms in total. The maximum absolute atomic E-state index is 4.45. The summed E-state index contributed by atoms with van der Waals surface area (Å²) in [6, 6.07) is 0. The van der Waals surface area contributed by atoms with Crippen LogP contribution in [0, 0.1) is 13.8 Å². The summed E-state index contributed by atoms with van der Waals surface area (Å²) in [5, 5.41) is 14.6. The molecular weight excluding hydrogens is 254 g/mol. The summed E-state index contributed by atoms with van der Waals surface area (Å²) in [5.41, 5.74) is 1.01. The van der Waals surface area contributed by atoms with Gasteiger partial charge in [-0.05, 0) is 27.7 Å². The second-order valence-corrected chi connectivity index (χ2v) is 4.51. The lowest BCUT2D eigenvalue weighted by molar-refractivity contribution is 0.707. The Labute approximate surface area is 118 Å². The minimum absolute atomic E-state index is 0.594. The molecule has 0 aliphatic heterocycles. The highest BCUT2D eigenvalue weighted by atomic mass is 15.3. The van der Waals surface area contributed by atoms with E-state index in [0.29, 0.717) is 6.54 Å². The van der Waals surface area contributed by atoms with Gasteiger partial charge in [0.2, 0.25) is 0 Å². The van der Waals surface area contributed by atoms with Gasteiger partial charge in [-0.2, -0.15) is 0 Å². The largest absolute Gasteiger partial charge is 0.370 e. The monoisotopic (exact) mass is 275 g/mol. The first-order chi connectivity index (χ1) is 9.65. The van der Waals surface area contributed by atoms with Crippen LogP contribution in [0.15, 0.2) is 6.33 Å². The molecule has 2 rings (SSSR count). The Bertz CT molecular complexity index is 576. The first-order valence-corrected chi connectivity index (χ1v) is 6.85. The van der Waals surface area contributed by atoms with E-state index < -0.39 is 0 Å². The number of nitrogens with zero attached hydrogens (tertiary/aromatic N) is 5. The maximum atomic E-state index is 4.45. The maximum Gasteiger partial charge on any atom is 0.152 e. The summed E-state index contributed by atoms with van der Waals surface area (Å²) in [5.74, 6) is 3.35. The van der Waals surface area contributed by atoms with E-state index in [1.54, 1.807) is 6.33 Å². The number of anilines is 2. The Morgan fingerprint density at radius 2 is 1.80 bits per heavy atom. The summed E-state index contributed by atoms with van der Waals surface area (Å²) >= 11 is 0. The first kappa shape index (κ1) is 14.2. The van der Waals surface area contributed by atoms with Crippen molar-refractivity contribution in [2.75, 3.05) is 17.2 Å². The van der Waals surface area contributed by atoms with Crippen LogP contribution in [0.3, 0.4) is 0 Å². The van der Waals surface area contributed by atoms with Gasteiger partial charge in [0.15, 0.2) is 5.82 Å².